The van der Waals surface area contributed by atoms with Gasteiger partial charge in [0.15, 0.2) is 0 Å². The van der Waals surface area contributed by atoms with E-state index in [0.29, 0.717) is 24.9 Å². The molecule has 0 spiro atoms. The van der Waals surface area contributed by atoms with Crippen molar-refractivity contribution in [3.8, 4) is 0 Å². The molecule has 0 heterocycles. The van der Waals surface area contributed by atoms with Gasteiger partial charge in [0.05, 0.1) is 5.41 Å². The number of urea groups is 1. The van der Waals surface area contributed by atoms with Gasteiger partial charge in [-0.3, -0.25) is 14.9 Å². The van der Waals surface area contributed by atoms with E-state index < -0.39 is 17.3 Å². The monoisotopic (exact) mass is 296 g/mol. The first kappa shape index (κ1) is 15.8. The van der Waals surface area contributed by atoms with Crippen molar-refractivity contribution in [3.63, 3.8) is 0 Å². The van der Waals surface area contributed by atoms with Crippen LogP contribution in [0.25, 0.3) is 0 Å². The van der Waals surface area contributed by atoms with Crippen LogP contribution in [0.1, 0.15) is 46.0 Å². The highest BCUT2D eigenvalue weighted by atomic mass is 16.4. The van der Waals surface area contributed by atoms with E-state index in [9.17, 15) is 14.4 Å². The molecule has 2 aliphatic carbocycles. The van der Waals surface area contributed by atoms with Gasteiger partial charge in [0, 0.05) is 19.5 Å². The van der Waals surface area contributed by atoms with Crippen molar-refractivity contribution in [2.24, 2.45) is 17.3 Å². The summed E-state index contributed by atoms with van der Waals surface area (Å²) in [5.74, 6) is -0.429. The molecule has 0 atom stereocenters. The van der Waals surface area contributed by atoms with Crippen LogP contribution < -0.4 is 5.32 Å². The molecule has 2 aliphatic rings. The minimum atomic E-state index is -1.16. The Balaban J connectivity index is 1.84. The van der Waals surface area contributed by atoms with Crippen molar-refractivity contribution >= 4 is 17.9 Å². The van der Waals surface area contributed by atoms with Crippen LogP contribution in [0.4, 0.5) is 4.79 Å². The smallest absolute Gasteiger partial charge is 0.324 e. The molecule has 0 unspecified atom stereocenters. The predicted octanol–water partition coefficient (Wildman–Crippen LogP) is 1.85. The molecule has 118 valence electrons. The Bertz CT molecular complexity index is 425. The molecule has 21 heavy (non-hydrogen) atoms. The number of nitrogens with one attached hydrogen (secondary N) is 1. The molecule has 2 fully saturated rings. The number of carboxylic acid groups (broad SMARTS) is 1. The van der Waals surface area contributed by atoms with Crippen LogP contribution in [0.5, 0.6) is 0 Å². The SMILES string of the molecule is CC(C)(CC(=O)NC(=O)N(CC1CC1)CC1CC1)C(=O)O. The molecule has 0 aromatic heterocycles. The Labute approximate surface area is 124 Å². The molecular weight excluding hydrogens is 272 g/mol. The fourth-order valence-electron chi connectivity index (χ4n) is 2.18. The summed E-state index contributed by atoms with van der Waals surface area (Å²) < 4.78 is 0. The van der Waals surface area contributed by atoms with E-state index in [1.54, 1.807) is 4.90 Å². The van der Waals surface area contributed by atoms with Gasteiger partial charge < -0.3 is 10.0 Å². The van der Waals surface area contributed by atoms with E-state index in [2.05, 4.69) is 5.32 Å². The number of imide groups is 1. The second kappa shape index (κ2) is 6.03. The van der Waals surface area contributed by atoms with Crippen LogP contribution in [0.15, 0.2) is 0 Å². The van der Waals surface area contributed by atoms with Gasteiger partial charge in [-0.1, -0.05) is 0 Å². The molecule has 6 heteroatoms. The molecule has 2 rings (SSSR count). The molecule has 2 saturated carbocycles. The normalized spacial score (nSPS) is 18.2. The number of aliphatic carboxylic acids is 1. The van der Waals surface area contributed by atoms with Crippen molar-refractivity contribution < 1.29 is 19.5 Å². The number of amides is 3. The number of hydrogen-bond donors (Lipinski definition) is 2. The van der Waals surface area contributed by atoms with Crippen LogP contribution in [0, 0.1) is 17.3 Å². The standard InChI is InChI=1S/C15H24N2O4/c1-15(2,13(19)20)7-12(18)16-14(21)17(8-10-3-4-10)9-11-5-6-11/h10-11H,3-9H2,1-2H3,(H,19,20)(H,16,18,21). The maximum Gasteiger partial charge on any atom is 0.324 e. The number of carbonyl (C=O) groups excluding carboxylic acids is 2. The Kier molecular flexibility index (Phi) is 4.54. The van der Waals surface area contributed by atoms with E-state index >= 15 is 0 Å². The molecule has 0 aromatic carbocycles. The average Bonchev–Trinajstić information content (AvgIpc) is 3.21. The second-order valence-corrected chi connectivity index (χ2v) is 7.01. The van der Waals surface area contributed by atoms with Gasteiger partial charge in [0.25, 0.3) is 0 Å². The van der Waals surface area contributed by atoms with Gasteiger partial charge in [-0.15, -0.1) is 0 Å². The van der Waals surface area contributed by atoms with E-state index in [4.69, 9.17) is 5.11 Å². The number of rotatable bonds is 7. The molecule has 0 bridgehead atoms. The van der Waals surface area contributed by atoms with Gasteiger partial charge in [-0.25, -0.2) is 4.79 Å². The third-order valence-electron chi connectivity index (χ3n) is 4.07. The number of hydrogen-bond acceptors (Lipinski definition) is 3. The van der Waals surface area contributed by atoms with E-state index in [1.165, 1.54) is 13.8 Å². The summed E-state index contributed by atoms with van der Waals surface area (Å²) in [6.07, 6.45) is 4.39. The van der Waals surface area contributed by atoms with E-state index in [0.717, 1.165) is 25.7 Å². The highest BCUT2D eigenvalue weighted by Gasteiger charge is 2.34. The van der Waals surface area contributed by atoms with Crippen LogP contribution in [0.2, 0.25) is 0 Å². The quantitative estimate of drug-likeness (QED) is 0.750. The maximum atomic E-state index is 12.2. The topological polar surface area (TPSA) is 86.7 Å². The predicted molar refractivity (Wildman–Crippen MR) is 76.6 cm³/mol. The lowest BCUT2D eigenvalue weighted by atomic mass is 9.89. The molecule has 3 amide bonds. The minimum Gasteiger partial charge on any atom is -0.481 e. The van der Waals surface area contributed by atoms with Crippen LogP contribution in [-0.4, -0.2) is 41.0 Å². The zero-order valence-corrected chi connectivity index (χ0v) is 12.7. The summed E-state index contributed by atoms with van der Waals surface area (Å²) in [4.78, 5) is 36.8. The summed E-state index contributed by atoms with van der Waals surface area (Å²) >= 11 is 0. The average molecular weight is 296 g/mol. The Morgan fingerprint density at radius 3 is 1.95 bits per heavy atom. The lowest BCUT2D eigenvalue weighted by molar-refractivity contribution is -0.149. The molecule has 2 N–H and O–H groups in total. The first-order chi connectivity index (χ1) is 9.78. The highest BCUT2D eigenvalue weighted by molar-refractivity contribution is 5.96. The first-order valence-electron chi connectivity index (χ1n) is 7.60. The molecule has 0 aliphatic heterocycles. The first-order valence-corrected chi connectivity index (χ1v) is 7.60. The second-order valence-electron chi connectivity index (χ2n) is 7.01. The van der Waals surface area contributed by atoms with Crippen molar-refractivity contribution in [1.29, 1.82) is 0 Å². The number of carboxylic acids is 1. The molecule has 0 radical (unpaired) electrons. The van der Waals surface area contributed by atoms with Crippen molar-refractivity contribution in [1.82, 2.24) is 10.2 Å². The largest absolute Gasteiger partial charge is 0.481 e. The highest BCUT2D eigenvalue weighted by Crippen LogP contribution is 2.33. The Morgan fingerprint density at radius 1 is 1.10 bits per heavy atom. The fraction of sp³-hybridized carbons (Fsp3) is 0.800. The van der Waals surface area contributed by atoms with Crippen LogP contribution >= 0.6 is 0 Å². The van der Waals surface area contributed by atoms with Crippen molar-refractivity contribution in [2.75, 3.05) is 13.1 Å². The molecular formula is C15H24N2O4. The maximum absolute atomic E-state index is 12.2. The van der Waals surface area contributed by atoms with Gasteiger partial charge in [-0.05, 0) is 51.4 Å². The fourth-order valence-corrected chi connectivity index (χ4v) is 2.18. The summed E-state index contributed by atoms with van der Waals surface area (Å²) in [5, 5.41) is 11.4. The summed E-state index contributed by atoms with van der Waals surface area (Å²) in [6, 6.07) is -0.375. The molecule has 0 saturated heterocycles. The third kappa shape index (κ3) is 5.02. The molecule has 0 aromatic rings. The minimum absolute atomic E-state index is 0.200. The molecule has 6 nitrogen and oxygen atoms in total. The van der Waals surface area contributed by atoms with Crippen molar-refractivity contribution in [3.05, 3.63) is 0 Å². The van der Waals surface area contributed by atoms with E-state index in [1.807, 2.05) is 0 Å². The summed E-state index contributed by atoms with van der Waals surface area (Å²) in [6.45, 7) is 4.37. The Morgan fingerprint density at radius 2 is 1.57 bits per heavy atom. The zero-order chi connectivity index (χ0) is 15.6. The lowest BCUT2D eigenvalue weighted by Crippen LogP contribution is -2.46. The van der Waals surface area contributed by atoms with Crippen LogP contribution in [0.3, 0.4) is 0 Å². The third-order valence-corrected chi connectivity index (χ3v) is 4.07. The van der Waals surface area contributed by atoms with Gasteiger partial charge in [0.1, 0.15) is 0 Å². The van der Waals surface area contributed by atoms with Gasteiger partial charge >= 0.3 is 12.0 Å². The van der Waals surface area contributed by atoms with Crippen LogP contribution in [-0.2, 0) is 9.59 Å². The summed E-state index contributed by atoms with van der Waals surface area (Å²) in [5.41, 5.74) is -1.16. The lowest BCUT2D eigenvalue weighted by Gasteiger charge is -2.24. The summed E-state index contributed by atoms with van der Waals surface area (Å²) in [7, 11) is 0. The van der Waals surface area contributed by atoms with Gasteiger partial charge in [-0.2, -0.15) is 0 Å². The number of carbonyl (C=O) groups is 3. The Hall–Kier alpha value is -1.59. The zero-order valence-electron chi connectivity index (χ0n) is 12.7. The van der Waals surface area contributed by atoms with Crippen molar-refractivity contribution in [2.45, 2.75) is 46.0 Å². The van der Waals surface area contributed by atoms with Gasteiger partial charge in [0.2, 0.25) is 5.91 Å². The number of nitrogens with zero attached hydrogens (tertiary/aromatic N) is 1. The van der Waals surface area contributed by atoms with E-state index in [-0.39, 0.29) is 12.5 Å².